The molecule has 2 N–H and O–H groups in total. The van der Waals surface area contributed by atoms with Gasteiger partial charge in [-0.05, 0) is 30.5 Å². The van der Waals surface area contributed by atoms with Crippen LogP contribution >= 0.6 is 0 Å². The van der Waals surface area contributed by atoms with Crippen molar-refractivity contribution < 1.29 is 19.7 Å². The van der Waals surface area contributed by atoms with Gasteiger partial charge in [-0.3, -0.25) is 9.36 Å². The highest BCUT2D eigenvalue weighted by atomic mass is 16.5. The van der Waals surface area contributed by atoms with Gasteiger partial charge in [-0.1, -0.05) is 50.1 Å². The number of nitrogens with zero attached hydrogens (tertiary/aromatic N) is 1. The summed E-state index contributed by atoms with van der Waals surface area (Å²) in [7, 11) is 1.50. The van der Waals surface area contributed by atoms with Crippen LogP contribution in [-0.2, 0) is 13.0 Å². The van der Waals surface area contributed by atoms with E-state index >= 15 is 0 Å². The van der Waals surface area contributed by atoms with Crippen molar-refractivity contribution in [2.45, 2.75) is 39.2 Å². The van der Waals surface area contributed by atoms with E-state index in [1.807, 2.05) is 30.3 Å². The van der Waals surface area contributed by atoms with Gasteiger partial charge >= 0.3 is 0 Å². The smallest absolute Gasteiger partial charge is 0.261 e. The lowest BCUT2D eigenvalue weighted by Crippen LogP contribution is -2.21. The van der Waals surface area contributed by atoms with Crippen LogP contribution in [0.15, 0.2) is 47.3 Å². The predicted octanol–water partition coefficient (Wildman–Crippen LogP) is 4.23. The van der Waals surface area contributed by atoms with E-state index in [4.69, 9.17) is 9.47 Å². The number of fused-ring (bicyclic) bond motifs is 1. The normalized spacial score (nSPS) is 11.0. The molecular weight excluding hydrogens is 370 g/mol. The number of aromatic nitrogens is 1. The fourth-order valence-corrected chi connectivity index (χ4v) is 3.38. The highest BCUT2D eigenvalue weighted by Crippen LogP contribution is 2.43. The van der Waals surface area contributed by atoms with Gasteiger partial charge in [0.05, 0.1) is 24.5 Å². The summed E-state index contributed by atoms with van der Waals surface area (Å²) < 4.78 is 12.4. The Balaban J connectivity index is 2.03. The van der Waals surface area contributed by atoms with Gasteiger partial charge in [-0.15, -0.1) is 0 Å². The predicted molar refractivity (Wildman–Crippen MR) is 113 cm³/mol. The maximum atomic E-state index is 13.0. The Morgan fingerprint density at radius 3 is 2.48 bits per heavy atom. The van der Waals surface area contributed by atoms with Gasteiger partial charge in [0.1, 0.15) is 0 Å². The number of aromatic hydroxyl groups is 2. The van der Waals surface area contributed by atoms with E-state index < -0.39 is 5.88 Å². The second kappa shape index (κ2) is 9.37. The number of benzene rings is 2. The molecule has 0 spiro atoms. The molecule has 1 heterocycles. The van der Waals surface area contributed by atoms with Crippen LogP contribution < -0.4 is 15.0 Å². The van der Waals surface area contributed by atoms with Crippen LogP contribution in [0.25, 0.3) is 10.8 Å². The molecule has 29 heavy (non-hydrogen) atoms. The zero-order chi connectivity index (χ0) is 20.8. The lowest BCUT2D eigenvalue weighted by molar-refractivity contribution is 0.288. The fraction of sp³-hybridized carbons (Fsp3) is 0.348. The van der Waals surface area contributed by atoms with Crippen molar-refractivity contribution in [3.05, 3.63) is 58.4 Å². The van der Waals surface area contributed by atoms with Crippen LogP contribution in [-0.4, -0.2) is 28.5 Å². The number of hydrogen-bond donors (Lipinski definition) is 2. The summed E-state index contributed by atoms with van der Waals surface area (Å²) in [5.41, 5.74) is 0.653. The highest BCUT2D eigenvalue weighted by molar-refractivity contribution is 5.96. The standard InChI is InChI=1S/C23H27NO5/c1-3-4-8-15-29-21-18(28-2)12-11-17-19(21)20(25)23(27)24(22(17)26)14-13-16-9-6-5-7-10-16/h5-7,9-12,25,27H,3-4,8,13-15H2,1-2H3. The van der Waals surface area contributed by atoms with Gasteiger partial charge in [0.15, 0.2) is 17.2 Å². The van der Waals surface area contributed by atoms with Crippen molar-refractivity contribution >= 4 is 10.8 Å². The molecule has 2 aromatic carbocycles. The van der Waals surface area contributed by atoms with Gasteiger partial charge in [0.25, 0.3) is 5.56 Å². The van der Waals surface area contributed by atoms with Crippen LogP contribution in [0, 0.1) is 0 Å². The first-order valence-corrected chi connectivity index (χ1v) is 9.90. The molecule has 0 amide bonds. The summed E-state index contributed by atoms with van der Waals surface area (Å²) in [6.07, 6.45) is 3.46. The quantitative estimate of drug-likeness (QED) is 0.528. The molecule has 6 nitrogen and oxygen atoms in total. The van der Waals surface area contributed by atoms with Crippen LogP contribution in [0.1, 0.15) is 31.7 Å². The number of hydrogen-bond acceptors (Lipinski definition) is 5. The average molecular weight is 397 g/mol. The van der Waals surface area contributed by atoms with E-state index in [0.29, 0.717) is 18.8 Å². The molecule has 3 aromatic rings. The largest absolute Gasteiger partial charge is 0.503 e. The lowest BCUT2D eigenvalue weighted by atomic mass is 10.1. The molecule has 0 fully saturated rings. The van der Waals surface area contributed by atoms with Gasteiger partial charge in [-0.2, -0.15) is 0 Å². The molecule has 3 rings (SSSR count). The molecule has 0 aliphatic rings. The first-order chi connectivity index (χ1) is 14.1. The number of methoxy groups -OCH3 is 1. The van der Waals surface area contributed by atoms with Gasteiger partial charge in [-0.25, -0.2) is 0 Å². The minimum atomic E-state index is -0.468. The monoisotopic (exact) mass is 397 g/mol. The molecule has 0 radical (unpaired) electrons. The van der Waals surface area contributed by atoms with E-state index in [1.165, 1.54) is 11.7 Å². The second-order valence-corrected chi connectivity index (χ2v) is 6.94. The van der Waals surface area contributed by atoms with Crippen LogP contribution in [0.5, 0.6) is 23.1 Å². The molecule has 1 aromatic heterocycles. The summed E-state index contributed by atoms with van der Waals surface area (Å²) >= 11 is 0. The Hall–Kier alpha value is -3.15. The number of aryl methyl sites for hydroxylation is 1. The zero-order valence-corrected chi connectivity index (χ0v) is 16.9. The maximum absolute atomic E-state index is 13.0. The average Bonchev–Trinajstić information content (AvgIpc) is 2.75. The summed E-state index contributed by atoms with van der Waals surface area (Å²) in [5.74, 6) is -0.159. The number of unbranched alkanes of at least 4 members (excludes halogenated alkanes) is 2. The molecule has 0 unspecified atom stereocenters. The summed E-state index contributed by atoms with van der Waals surface area (Å²) in [5, 5.41) is 21.7. The molecular formula is C23H27NO5. The summed E-state index contributed by atoms with van der Waals surface area (Å²) in [6.45, 7) is 2.78. The molecule has 0 atom stereocenters. The summed E-state index contributed by atoms with van der Waals surface area (Å²) in [6, 6.07) is 12.9. The molecule has 0 aliphatic carbocycles. The SMILES string of the molecule is CCCCCOc1c(OC)ccc2c(=O)n(CCc3ccccc3)c(O)c(O)c12. The van der Waals surface area contributed by atoms with Crippen LogP contribution in [0.3, 0.4) is 0 Å². The zero-order valence-electron chi connectivity index (χ0n) is 16.9. The highest BCUT2D eigenvalue weighted by Gasteiger charge is 2.22. The van der Waals surface area contributed by atoms with Crippen molar-refractivity contribution in [2.75, 3.05) is 13.7 Å². The van der Waals surface area contributed by atoms with E-state index in [9.17, 15) is 15.0 Å². The van der Waals surface area contributed by atoms with Crippen molar-refractivity contribution in [3.8, 4) is 23.1 Å². The van der Waals surface area contributed by atoms with E-state index in [0.717, 1.165) is 24.8 Å². The summed E-state index contributed by atoms with van der Waals surface area (Å²) in [4.78, 5) is 13.0. The molecule has 0 saturated heterocycles. The van der Waals surface area contributed by atoms with Crippen molar-refractivity contribution in [1.82, 2.24) is 4.57 Å². The van der Waals surface area contributed by atoms with Gasteiger partial charge in [0, 0.05) is 6.54 Å². The minimum absolute atomic E-state index is 0.180. The van der Waals surface area contributed by atoms with Crippen molar-refractivity contribution in [1.29, 1.82) is 0 Å². The third-order valence-corrected chi connectivity index (χ3v) is 4.98. The van der Waals surface area contributed by atoms with Gasteiger partial charge < -0.3 is 19.7 Å². The molecule has 0 saturated carbocycles. The Morgan fingerprint density at radius 2 is 1.79 bits per heavy atom. The third-order valence-electron chi connectivity index (χ3n) is 4.98. The molecule has 0 bridgehead atoms. The second-order valence-electron chi connectivity index (χ2n) is 6.94. The number of ether oxygens (including phenoxy) is 2. The lowest BCUT2D eigenvalue weighted by Gasteiger charge is -2.17. The van der Waals surface area contributed by atoms with Crippen LogP contribution in [0.2, 0.25) is 0 Å². The topological polar surface area (TPSA) is 80.9 Å². The van der Waals surface area contributed by atoms with Crippen molar-refractivity contribution in [3.63, 3.8) is 0 Å². The fourth-order valence-electron chi connectivity index (χ4n) is 3.38. The third kappa shape index (κ3) is 4.31. The number of rotatable bonds is 9. The molecule has 154 valence electrons. The molecule has 0 aliphatic heterocycles. The minimum Gasteiger partial charge on any atom is -0.503 e. The van der Waals surface area contributed by atoms with E-state index in [-0.39, 0.29) is 34.4 Å². The van der Waals surface area contributed by atoms with E-state index in [1.54, 1.807) is 12.1 Å². The Bertz CT molecular complexity index is 1030. The first-order valence-electron chi connectivity index (χ1n) is 9.90. The Kier molecular flexibility index (Phi) is 6.65. The van der Waals surface area contributed by atoms with Gasteiger partial charge in [0.2, 0.25) is 5.88 Å². The van der Waals surface area contributed by atoms with E-state index in [2.05, 4.69) is 6.92 Å². The van der Waals surface area contributed by atoms with Crippen molar-refractivity contribution in [2.24, 2.45) is 0 Å². The maximum Gasteiger partial charge on any atom is 0.261 e. The number of pyridine rings is 1. The molecule has 6 heteroatoms. The Labute approximate surface area is 169 Å². The first kappa shape index (κ1) is 20.6. The van der Waals surface area contributed by atoms with Crippen LogP contribution in [0.4, 0.5) is 0 Å². The Morgan fingerprint density at radius 1 is 1.03 bits per heavy atom.